The number of rotatable bonds is 6. The summed E-state index contributed by atoms with van der Waals surface area (Å²) in [6.07, 6.45) is 2.17. The van der Waals surface area contributed by atoms with E-state index in [1.54, 1.807) is 11.6 Å². The highest BCUT2D eigenvalue weighted by atomic mass is 16.2. The first kappa shape index (κ1) is 19.6. The third kappa shape index (κ3) is 3.30. The van der Waals surface area contributed by atoms with Crippen molar-refractivity contribution in [3.8, 4) is 0 Å². The molecular weight excluding hydrogens is 386 g/mol. The number of aromatic nitrogens is 6. The zero-order valence-electron chi connectivity index (χ0n) is 17.1. The maximum absolute atomic E-state index is 12.7. The van der Waals surface area contributed by atoms with Crippen molar-refractivity contribution in [3.05, 3.63) is 57.3 Å². The number of para-hydroxylation sites is 2. The second-order valence-electron chi connectivity index (χ2n) is 7.26. The van der Waals surface area contributed by atoms with Gasteiger partial charge in [0.05, 0.1) is 17.4 Å². The third-order valence-electron chi connectivity index (χ3n) is 5.23. The van der Waals surface area contributed by atoms with E-state index in [1.807, 2.05) is 31.2 Å². The first-order chi connectivity index (χ1) is 14.4. The number of imidazole rings is 2. The maximum atomic E-state index is 12.7. The van der Waals surface area contributed by atoms with Crippen LogP contribution in [0, 0.1) is 6.92 Å². The molecule has 3 aromatic heterocycles. The monoisotopic (exact) mass is 409 g/mol. The van der Waals surface area contributed by atoms with E-state index < -0.39 is 11.2 Å². The van der Waals surface area contributed by atoms with Gasteiger partial charge in [0.15, 0.2) is 11.2 Å². The lowest BCUT2D eigenvalue weighted by Gasteiger charge is -2.10. The predicted octanol–water partition coefficient (Wildman–Crippen LogP) is 0.298. The molecule has 0 aliphatic carbocycles. The molecule has 0 unspecified atom stereocenters. The number of benzene rings is 1. The van der Waals surface area contributed by atoms with Gasteiger partial charge in [-0.3, -0.25) is 14.2 Å². The maximum Gasteiger partial charge on any atom is 0.332 e. The molecule has 30 heavy (non-hydrogen) atoms. The molecule has 3 heterocycles. The van der Waals surface area contributed by atoms with Crippen molar-refractivity contribution in [1.82, 2.24) is 33.6 Å². The highest BCUT2D eigenvalue weighted by Gasteiger charge is 2.16. The summed E-state index contributed by atoms with van der Waals surface area (Å²) in [4.78, 5) is 46.1. The molecule has 0 saturated carbocycles. The number of fused-ring (bicyclic) bond motifs is 2. The molecule has 0 bridgehead atoms. The lowest BCUT2D eigenvalue weighted by Crippen LogP contribution is -2.43. The molecule has 156 valence electrons. The number of nitrogens with zero attached hydrogens (tertiary/aromatic N) is 6. The molecule has 10 nitrogen and oxygen atoms in total. The van der Waals surface area contributed by atoms with Crippen molar-refractivity contribution in [2.45, 2.75) is 26.4 Å². The number of hydrogen-bond acceptors (Lipinski definition) is 5. The van der Waals surface area contributed by atoms with Crippen LogP contribution in [0.4, 0.5) is 0 Å². The standard InChI is InChI=1S/C20H23N7O3/c1-13-23-14-7-4-5-8-15(14)26(13)10-6-9-21-16(28)11-27-19(29)17-18(22-12-24(17)2)25(3)20(27)30/h4-5,7-8,12H,6,9-11H2,1-3H3,(H,21,28). The average molecular weight is 409 g/mol. The smallest absolute Gasteiger partial charge is 0.332 e. The van der Waals surface area contributed by atoms with E-state index in [2.05, 4.69) is 19.9 Å². The Morgan fingerprint density at radius 3 is 2.70 bits per heavy atom. The van der Waals surface area contributed by atoms with Crippen molar-refractivity contribution in [1.29, 1.82) is 0 Å². The van der Waals surface area contributed by atoms with Crippen molar-refractivity contribution in [2.75, 3.05) is 6.54 Å². The summed E-state index contributed by atoms with van der Waals surface area (Å²) in [5.41, 5.74) is 1.49. The Labute approximate surface area is 171 Å². The SMILES string of the molecule is Cc1nc2ccccc2n1CCCNC(=O)Cn1c(=O)c2c(ncn2C)n(C)c1=O. The Hall–Kier alpha value is -3.69. The molecule has 4 rings (SSSR count). The van der Waals surface area contributed by atoms with E-state index in [1.165, 1.54) is 17.9 Å². The summed E-state index contributed by atoms with van der Waals surface area (Å²) in [5, 5.41) is 2.79. The molecule has 0 aliphatic heterocycles. The van der Waals surface area contributed by atoms with Crippen LogP contribution < -0.4 is 16.6 Å². The van der Waals surface area contributed by atoms with Crippen LogP contribution in [0.25, 0.3) is 22.2 Å². The summed E-state index contributed by atoms with van der Waals surface area (Å²) >= 11 is 0. The minimum absolute atomic E-state index is 0.285. The van der Waals surface area contributed by atoms with Gasteiger partial charge in [-0.15, -0.1) is 0 Å². The minimum atomic E-state index is -0.568. The van der Waals surface area contributed by atoms with Gasteiger partial charge in [0.25, 0.3) is 5.56 Å². The lowest BCUT2D eigenvalue weighted by molar-refractivity contribution is -0.121. The molecule has 0 atom stereocenters. The fourth-order valence-corrected chi connectivity index (χ4v) is 3.68. The summed E-state index contributed by atoms with van der Waals surface area (Å²) in [7, 11) is 3.21. The Kier molecular flexibility index (Phi) is 4.98. The second-order valence-corrected chi connectivity index (χ2v) is 7.26. The molecule has 0 spiro atoms. The van der Waals surface area contributed by atoms with Crippen LogP contribution in [0.15, 0.2) is 40.2 Å². The van der Waals surface area contributed by atoms with Gasteiger partial charge in [0, 0.05) is 27.2 Å². The molecule has 10 heteroatoms. The summed E-state index contributed by atoms with van der Waals surface area (Å²) < 4.78 is 5.87. The first-order valence-corrected chi connectivity index (χ1v) is 9.68. The van der Waals surface area contributed by atoms with Gasteiger partial charge in [-0.2, -0.15) is 0 Å². The van der Waals surface area contributed by atoms with Gasteiger partial charge >= 0.3 is 5.69 Å². The van der Waals surface area contributed by atoms with Crippen molar-refractivity contribution in [3.63, 3.8) is 0 Å². The zero-order chi connectivity index (χ0) is 21.4. The topological polar surface area (TPSA) is 109 Å². The number of carbonyl (C=O) groups is 1. The lowest BCUT2D eigenvalue weighted by atomic mass is 10.3. The van der Waals surface area contributed by atoms with Crippen molar-refractivity contribution >= 4 is 28.1 Å². The van der Waals surface area contributed by atoms with Gasteiger partial charge in [0.2, 0.25) is 5.91 Å². The highest BCUT2D eigenvalue weighted by Crippen LogP contribution is 2.15. The van der Waals surface area contributed by atoms with Crippen molar-refractivity contribution in [2.24, 2.45) is 14.1 Å². The van der Waals surface area contributed by atoms with E-state index in [0.717, 1.165) is 21.4 Å². The molecule has 1 amide bonds. The third-order valence-corrected chi connectivity index (χ3v) is 5.23. The molecule has 0 aliphatic rings. The molecule has 0 radical (unpaired) electrons. The van der Waals surface area contributed by atoms with E-state index in [4.69, 9.17) is 0 Å². The number of amides is 1. The Bertz CT molecular complexity index is 1370. The van der Waals surface area contributed by atoms with E-state index in [0.29, 0.717) is 25.2 Å². The quantitative estimate of drug-likeness (QED) is 0.461. The van der Waals surface area contributed by atoms with Gasteiger partial charge < -0.3 is 14.5 Å². The van der Waals surface area contributed by atoms with Crippen LogP contribution in [0.5, 0.6) is 0 Å². The molecule has 1 N–H and O–H groups in total. The van der Waals surface area contributed by atoms with Crippen LogP contribution >= 0.6 is 0 Å². The zero-order valence-corrected chi connectivity index (χ0v) is 17.1. The van der Waals surface area contributed by atoms with Crippen LogP contribution in [0.2, 0.25) is 0 Å². The fraction of sp³-hybridized carbons (Fsp3) is 0.350. The normalized spacial score (nSPS) is 11.4. The molecule has 1 aromatic carbocycles. The Balaban J connectivity index is 1.42. The Morgan fingerprint density at radius 1 is 1.13 bits per heavy atom. The number of carbonyl (C=O) groups excluding carboxylic acids is 1. The number of aryl methyl sites for hydroxylation is 4. The van der Waals surface area contributed by atoms with Crippen LogP contribution in [-0.4, -0.2) is 40.7 Å². The molecular formula is C20H23N7O3. The predicted molar refractivity (Wildman–Crippen MR) is 112 cm³/mol. The summed E-state index contributed by atoms with van der Waals surface area (Å²) in [6.45, 7) is 2.75. The molecule has 4 aromatic rings. The van der Waals surface area contributed by atoms with Crippen LogP contribution in [0.1, 0.15) is 12.2 Å². The highest BCUT2D eigenvalue weighted by molar-refractivity contribution is 5.77. The van der Waals surface area contributed by atoms with Gasteiger partial charge in [-0.05, 0) is 25.5 Å². The summed E-state index contributed by atoms with van der Waals surface area (Å²) in [5.74, 6) is 0.532. The van der Waals surface area contributed by atoms with Crippen molar-refractivity contribution < 1.29 is 4.79 Å². The molecule has 0 saturated heterocycles. The second kappa shape index (κ2) is 7.62. The Morgan fingerprint density at radius 2 is 1.90 bits per heavy atom. The fourth-order valence-electron chi connectivity index (χ4n) is 3.68. The van der Waals surface area contributed by atoms with Gasteiger partial charge in [-0.1, -0.05) is 12.1 Å². The van der Waals surface area contributed by atoms with Gasteiger partial charge in [0.1, 0.15) is 12.4 Å². The average Bonchev–Trinajstić information content (AvgIpc) is 3.26. The minimum Gasteiger partial charge on any atom is -0.354 e. The number of hydrogen-bond donors (Lipinski definition) is 1. The summed E-state index contributed by atoms with van der Waals surface area (Å²) in [6, 6.07) is 7.91. The van der Waals surface area contributed by atoms with E-state index >= 15 is 0 Å². The van der Waals surface area contributed by atoms with Gasteiger partial charge in [-0.25, -0.2) is 19.3 Å². The van der Waals surface area contributed by atoms with E-state index in [9.17, 15) is 14.4 Å². The van der Waals surface area contributed by atoms with Crippen LogP contribution in [0.3, 0.4) is 0 Å². The largest absolute Gasteiger partial charge is 0.354 e. The van der Waals surface area contributed by atoms with E-state index in [-0.39, 0.29) is 18.0 Å². The molecule has 0 fully saturated rings. The van der Waals surface area contributed by atoms with Crippen LogP contribution in [-0.2, 0) is 32.0 Å². The number of nitrogens with one attached hydrogen (secondary N) is 1. The first-order valence-electron chi connectivity index (χ1n) is 9.68.